The van der Waals surface area contributed by atoms with Gasteiger partial charge in [-0.1, -0.05) is 23.8 Å². The Kier molecular flexibility index (Phi) is 6.39. The highest BCUT2D eigenvalue weighted by Gasteiger charge is 2.03. The standard InChI is InChI=1S/C17H20N4O2S/c1-12-6-8-13(9-7-12)19-17(24)21-20-16(22)11-18-14-4-3-5-15(10-14)23-2/h3-10,18H,11H2,1-2H3,(H,20,22)(H2,19,21,24). The van der Waals surface area contributed by atoms with Crippen molar-refractivity contribution < 1.29 is 9.53 Å². The number of anilines is 2. The average Bonchev–Trinajstić information content (AvgIpc) is 2.60. The van der Waals surface area contributed by atoms with E-state index >= 15 is 0 Å². The second-order valence-electron chi connectivity index (χ2n) is 5.08. The summed E-state index contributed by atoms with van der Waals surface area (Å²) >= 11 is 5.12. The van der Waals surface area contributed by atoms with Crippen LogP contribution in [0.2, 0.25) is 0 Å². The lowest BCUT2D eigenvalue weighted by atomic mass is 10.2. The van der Waals surface area contributed by atoms with E-state index in [0.29, 0.717) is 5.11 Å². The molecule has 0 aromatic heterocycles. The Balaban J connectivity index is 1.72. The summed E-state index contributed by atoms with van der Waals surface area (Å²) in [4.78, 5) is 11.8. The molecule has 126 valence electrons. The van der Waals surface area contributed by atoms with E-state index in [2.05, 4.69) is 21.5 Å². The van der Waals surface area contributed by atoms with E-state index in [1.807, 2.05) is 55.5 Å². The number of ether oxygens (including phenoxy) is 1. The van der Waals surface area contributed by atoms with Gasteiger partial charge < -0.3 is 15.4 Å². The number of hydrazine groups is 1. The SMILES string of the molecule is COc1cccc(NCC(=O)NNC(=S)Nc2ccc(C)cc2)c1. The summed E-state index contributed by atoms with van der Waals surface area (Å²) in [7, 11) is 1.59. The van der Waals surface area contributed by atoms with Crippen LogP contribution in [0, 0.1) is 6.92 Å². The first-order chi connectivity index (χ1) is 11.6. The molecule has 0 aliphatic carbocycles. The Morgan fingerprint density at radius 2 is 1.83 bits per heavy atom. The highest BCUT2D eigenvalue weighted by atomic mass is 32.1. The Bertz CT molecular complexity index is 704. The Labute approximate surface area is 146 Å². The molecule has 0 saturated heterocycles. The first-order valence-corrected chi connectivity index (χ1v) is 7.78. The summed E-state index contributed by atoms with van der Waals surface area (Å²) in [5, 5.41) is 6.30. The zero-order chi connectivity index (χ0) is 17.4. The fourth-order valence-electron chi connectivity index (χ4n) is 1.89. The van der Waals surface area contributed by atoms with E-state index in [4.69, 9.17) is 17.0 Å². The number of carbonyl (C=O) groups excluding carboxylic acids is 1. The second kappa shape index (κ2) is 8.73. The fourth-order valence-corrected chi connectivity index (χ4v) is 2.05. The van der Waals surface area contributed by atoms with Crippen molar-refractivity contribution in [3.63, 3.8) is 0 Å². The predicted octanol–water partition coefficient (Wildman–Crippen LogP) is 2.43. The number of methoxy groups -OCH3 is 1. The van der Waals surface area contributed by atoms with Gasteiger partial charge in [-0.15, -0.1) is 0 Å². The molecule has 0 radical (unpaired) electrons. The van der Waals surface area contributed by atoms with Gasteiger partial charge in [0.05, 0.1) is 13.7 Å². The number of aryl methyl sites for hydroxylation is 1. The zero-order valence-electron chi connectivity index (χ0n) is 13.6. The smallest absolute Gasteiger partial charge is 0.257 e. The molecule has 0 fully saturated rings. The molecule has 7 heteroatoms. The fraction of sp³-hybridized carbons (Fsp3) is 0.176. The first kappa shape index (κ1) is 17.6. The first-order valence-electron chi connectivity index (χ1n) is 7.37. The molecule has 0 aliphatic rings. The second-order valence-corrected chi connectivity index (χ2v) is 5.49. The van der Waals surface area contributed by atoms with Crippen molar-refractivity contribution in [2.24, 2.45) is 0 Å². The summed E-state index contributed by atoms with van der Waals surface area (Å²) in [6.45, 7) is 2.11. The predicted molar refractivity (Wildman–Crippen MR) is 100 cm³/mol. The molecule has 0 bridgehead atoms. The molecular weight excluding hydrogens is 324 g/mol. The molecule has 0 unspecified atom stereocenters. The third kappa shape index (κ3) is 5.77. The third-order valence-corrected chi connectivity index (χ3v) is 3.35. The molecule has 0 atom stereocenters. The molecule has 4 N–H and O–H groups in total. The van der Waals surface area contributed by atoms with Crippen LogP contribution < -0.4 is 26.2 Å². The number of thiocarbonyl (C=S) groups is 1. The average molecular weight is 344 g/mol. The molecule has 6 nitrogen and oxygen atoms in total. The van der Waals surface area contributed by atoms with E-state index in [1.165, 1.54) is 0 Å². The van der Waals surface area contributed by atoms with Crippen molar-refractivity contribution in [3.05, 3.63) is 54.1 Å². The molecule has 0 heterocycles. The quantitative estimate of drug-likeness (QED) is 0.493. The van der Waals surface area contributed by atoms with Gasteiger partial charge in [0.2, 0.25) is 0 Å². The van der Waals surface area contributed by atoms with Gasteiger partial charge in [0, 0.05) is 17.4 Å². The summed E-state index contributed by atoms with van der Waals surface area (Å²) in [5.41, 5.74) is 8.00. The van der Waals surface area contributed by atoms with Crippen molar-refractivity contribution in [3.8, 4) is 5.75 Å². The number of hydrogen-bond donors (Lipinski definition) is 4. The molecule has 0 spiro atoms. The summed E-state index contributed by atoms with van der Waals surface area (Å²) < 4.78 is 5.13. The van der Waals surface area contributed by atoms with Gasteiger partial charge in [0.1, 0.15) is 5.75 Å². The third-order valence-electron chi connectivity index (χ3n) is 3.15. The molecule has 24 heavy (non-hydrogen) atoms. The van der Waals surface area contributed by atoms with Crippen molar-refractivity contribution in [1.82, 2.24) is 10.9 Å². The topological polar surface area (TPSA) is 74.4 Å². The van der Waals surface area contributed by atoms with Crippen LogP contribution in [-0.2, 0) is 4.79 Å². The maximum Gasteiger partial charge on any atom is 0.257 e. The molecule has 2 aromatic carbocycles. The minimum atomic E-state index is -0.245. The number of carbonyl (C=O) groups is 1. The van der Waals surface area contributed by atoms with Gasteiger partial charge in [-0.25, -0.2) is 0 Å². The van der Waals surface area contributed by atoms with E-state index < -0.39 is 0 Å². The van der Waals surface area contributed by atoms with Crippen LogP contribution in [0.25, 0.3) is 0 Å². The van der Waals surface area contributed by atoms with Gasteiger partial charge in [0.15, 0.2) is 5.11 Å². The Morgan fingerprint density at radius 3 is 2.54 bits per heavy atom. The monoisotopic (exact) mass is 344 g/mol. The van der Waals surface area contributed by atoms with E-state index in [1.54, 1.807) is 7.11 Å². The molecule has 0 aliphatic heterocycles. The lowest BCUT2D eigenvalue weighted by molar-refractivity contribution is -0.119. The molecular formula is C17H20N4O2S. The van der Waals surface area contributed by atoms with Gasteiger partial charge in [-0.2, -0.15) is 0 Å². The maximum atomic E-state index is 11.8. The van der Waals surface area contributed by atoms with Gasteiger partial charge in [-0.3, -0.25) is 15.6 Å². The summed E-state index contributed by atoms with van der Waals surface area (Å²) in [5.74, 6) is 0.480. The van der Waals surface area contributed by atoms with Crippen LogP contribution in [0.3, 0.4) is 0 Å². The number of benzene rings is 2. The molecule has 0 saturated carbocycles. The van der Waals surface area contributed by atoms with Gasteiger partial charge in [-0.05, 0) is 43.4 Å². The normalized spacial score (nSPS) is 9.75. The number of rotatable bonds is 5. The highest BCUT2D eigenvalue weighted by Crippen LogP contribution is 2.16. The van der Waals surface area contributed by atoms with Gasteiger partial charge >= 0.3 is 0 Å². The molecule has 1 amide bonds. The van der Waals surface area contributed by atoms with Gasteiger partial charge in [0.25, 0.3) is 5.91 Å². The lowest BCUT2D eigenvalue weighted by Crippen LogP contribution is -2.45. The van der Waals surface area contributed by atoms with E-state index in [-0.39, 0.29) is 12.5 Å². The lowest BCUT2D eigenvalue weighted by Gasteiger charge is -2.12. The Morgan fingerprint density at radius 1 is 1.08 bits per heavy atom. The highest BCUT2D eigenvalue weighted by molar-refractivity contribution is 7.80. The number of hydrogen-bond acceptors (Lipinski definition) is 4. The maximum absolute atomic E-state index is 11.8. The molecule has 2 aromatic rings. The van der Waals surface area contributed by atoms with E-state index in [9.17, 15) is 4.79 Å². The van der Waals surface area contributed by atoms with Crippen LogP contribution >= 0.6 is 12.2 Å². The Hall–Kier alpha value is -2.80. The van der Waals surface area contributed by atoms with Crippen molar-refractivity contribution in [2.45, 2.75) is 6.92 Å². The minimum Gasteiger partial charge on any atom is -0.497 e. The minimum absolute atomic E-state index is 0.104. The summed E-state index contributed by atoms with van der Waals surface area (Å²) in [6.07, 6.45) is 0. The van der Waals surface area contributed by atoms with Crippen molar-refractivity contribution in [1.29, 1.82) is 0 Å². The largest absolute Gasteiger partial charge is 0.497 e. The van der Waals surface area contributed by atoms with Crippen LogP contribution in [0.5, 0.6) is 5.75 Å². The number of amides is 1. The van der Waals surface area contributed by atoms with Crippen molar-refractivity contribution >= 4 is 34.6 Å². The molecule has 2 rings (SSSR count). The zero-order valence-corrected chi connectivity index (χ0v) is 14.4. The number of nitrogens with one attached hydrogen (secondary N) is 4. The van der Waals surface area contributed by atoms with Crippen LogP contribution in [-0.4, -0.2) is 24.7 Å². The van der Waals surface area contributed by atoms with Crippen LogP contribution in [0.15, 0.2) is 48.5 Å². The van der Waals surface area contributed by atoms with Crippen LogP contribution in [0.1, 0.15) is 5.56 Å². The van der Waals surface area contributed by atoms with Crippen LogP contribution in [0.4, 0.5) is 11.4 Å². The van der Waals surface area contributed by atoms with Crippen molar-refractivity contribution in [2.75, 3.05) is 24.3 Å². The van der Waals surface area contributed by atoms with E-state index in [0.717, 1.165) is 22.7 Å². The summed E-state index contributed by atoms with van der Waals surface area (Å²) in [6, 6.07) is 15.1.